The van der Waals surface area contributed by atoms with Gasteiger partial charge in [0.2, 0.25) is 0 Å². The molecule has 1 atom stereocenters. The van der Waals surface area contributed by atoms with Crippen LogP contribution in [0.25, 0.3) is 0 Å². The molecule has 0 aliphatic rings. The molecule has 0 saturated carbocycles. The molecule has 2 aromatic rings. The monoisotopic (exact) mass is 333 g/mol. The third-order valence-corrected chi connectivity index (χ3v) is 3.85. The molecule has 23 heavy (non-hydrogen) atoms. The fraction of sp³-hybridized carbons (Fsp3) is 0.529. The number of aromatic nitrogens is 3. The molecule has 0 aliphatic carbocycles. The largest absolute Gasteiger partial charge is 0.314 e. The third kappa shape index (κ3) is 7.16. The molecule has 0 spiro atoms. The first-order valence-electron chi connectivity index (χ1n) is 8.20. The van der Waals surface area contributed by atoms with Gasteiger partial charge >= 0.3 is 0 Å². The van der Waals surface area contributed by atoms with Gasteiger partial charge in [-0.3, -0.25) is 9.67 Å². The highest BCUT2D eigenvalue weighted by molar-refractivity contribution is 7.80. The second-order valence-electron chi connectivity index (χ2n) is 5.92. The van der Waals surface area contributed by atoms with E-state index < -0.39 is 0 Å². The molecule has 2 aromatic heterocycles. The van der Waals surface area contributed by atoms with E-state index in [1.165, 1.54) is 0 Å². The molecule has 0 aliphatic heterocycles. The minimum Gasteiger partial charge on any atom is -0.314 e. The van der Waals surface area contributed by atoms with E-state index in [9.17, 15) is 0 Å². The van der Waals surface area contributed by atoms with E-state index in [1.807, 2.05) is 16.9 Å². The lowest BCUT2D eigenvalue weighted by molar-refractivity contribution is 0.540. The van der Waals surface area contributed by atoms with Crippen LogP contribution in [0.2, 0.25) is 0 Å². The van der Waals surface area contributed by atoms with Crippen molar-refractivity contribution in [3.05, 3.63) is 48.0 Å². The summed E-state index contributed by atoms with van der Waals surface area (Å²) >= 11 is 4.61. The highest BCUT2D eigenvalue weighted by Gasteiger charge is 2.06. The Kier molecular flexibility index (Phi) is 7.58. The summed E-state index contributed by atoms with van der Waals surface area (Å²) < 4.78 is 1.91. The number of hydrogen-bond acceptors (Lipinski definition) is 5. The number of thiol groups is 1. The maximum atomic E-state index is 4.72. The summed E-state index contributed by atoms with van der Waals surface area (Å²) in [5.74, 6) is 0. The molecule has 0 saturated heterocycles. The fourth-order valence-electron chi connectivity index (χ4n) is 2.32. The van der Waals surface area contributed by atoms with E-state index in [2.05, 4.69) is 60.4 Å². The van der Waals surface area contributed by atoms with Crippen LogP contribution in [0.4, 0.5) is 0 Å². The number of pyridine rings is 1. The van der Waals surface area contributed by atoms with Gasteiger partial charge in [-0.05, 0) is 18.2 Å². The molecule has 1 unspecified atom stereocenters. The Morgan fingerprint density at radius 3 is 2.70 bits per heavy atom. The predicted octanol–water partition coefficient (Wildman–Crippen LogP) is 1.91. The standard InChI is InChI=1S/C17H27N5S/c1-14(2)18-9-7-15-5-3-6-16(21-15)13-17(23)19-10-12-22-11-4-8-20-22/h3-6,8,11,14,17-19,23H,7,9-10,12-13H2,1-2H3. The zero-order chi connectivity index (χ0) is 16.5. The van der Waals surface area contributed by atoms with Crippen LogP contribution in [0.5, 0.6) is 0 Å². The van der Waals surface area contributed by atoms with Crippen molar-refractivity contribution in [1.29, 1.82) is 0 Å². The van der Waals surface area contributed by atoms with Gasteiger partial charge in [-0.1, -0.05) is 19.9 Å². The van der Waals surface area contributed by atoms with Gasteiger partial charge in [0.15, 0.2) is 0 Å². The average molecular weight is 334 g/mol. The summed E-state index contributed by atoms with van der Waals surface area (Å²) in [6, 6.07) is 8.68. The smallest absolute Gasteiger partial charge is 0.0559 e. The van der Waals surface area contributed by atoms with Crippen molar-refractivity contribution in [2.45, 2.75) is 44.6 Å². The minimum atomic E-state index is 0.0992. The first-order valence-corrected chi connectivity index (χ1v) is 8.72. The van der Waals surface area contributed by atoms with Gasteiger partial charge < -0.3 is 10.6 Å². The lowest BCUT2D eigenvalue weighted by Crippen LogP contribution is -2.30. The van der Waals surface area contributed by atoms with Gasteiger partial charge in [0, 0.05) is 55.8 Å². The van der Waals surface area contributed by atoms with Gasteiger partial charge in [0.05, 0.1) is 11.9 Å². The summed E-state index contributed by atoms with van der Waals surface area (Å²) in [5, 5.41) is 11.1. The van der Waals surface area contributed by atoms with Crippen LogP contribution in [0.1, 0.15) is 25.2 Å². The molecule has 0 fully saturated rings. The summed E-state index contributed by atoms with van der Waals surface area (Å²) in [6.45, 7) is 6.96. The molecule has 126 valence electrons. The van der Waals surface area contributed by atoms with Gasteiger partial charge in [-0.15, -0.1) is 0 Å². The van der Waals surface area contributed by atoms with Crippen LogP contribution in [0.15, 0.2) is 36.7 Å². The molecule has 0 bridgehead atoms. The molecule has 0 aromatic carbocycles. The third-order valence-electron chi connectivity index (χ3n) is 3.48. The lowest BCUT2D eigenvalue weighted by Gasteiger charge is -2.13. The summed E-state index contributed by atoms with van der Waals surface area (Å²) in [4.78, 5) is 4.72. The van der Waals surface area contributed by atoms with Crippen molar-refractivity contribution in [2.24, 2.45) is 0 Å². The second-order valence-corrected chi connectivity index (χ2v) is 6.55. The van der Waals surface area contributed by atoms with Gasteiger partial charge in [-0.25, -0.2) is 0 Å². The Morgan fingerprint density at radius 1 is 1.13 bits per heavy atom. The van der Waals surface area contributed by atoms with Gasteiger partial charge in [0.1, 0.15) is 0 Å². The number of nitrogens with zero attached hydrogens (tertiary/aromatic N) is 3. The Balaban J connectivity index is 1.73. The topological polar surface area (TPSA) is 54.8 Å². The zero-order valence-corrected chi connectivity index (χ0v) is 14.8. The highest BCUT2D eigenvalue weighted by Crippen LogP contribution is 2.06. The molecule has 5 nitrogen and oxygen atoms in total. The SMILES string of the molecule is CC(C)NCCc1cccc(CC(S)NCCn2cccn2)n1. The van der Waals surface area contributed by atoms with Gasteiger partial charge in [0.25, 0.3) is 0 Å². The maximum absolute atomic E-state index is 4.72. The van der Waals surface area contributed by atoms with Crippen LogP contribution in [-0.2, 0) is 19.4 Å². The van der Waals surface area contributed by atoms with Gasteiger partial charge in [-0.2, -0.15) is 17.7 Å². The molecule has 2 N–H and O–H groups in total. The van der Waals surface area contributed by atoms with Crippen LogP contribution >= 0.6 is 12.6 Å². The predicted molar refractivity (Wildman–Crippen MR) is 97.8 cm³/mol. The first-order chi connectivity index (χ1) is 11.1. The Morgan fingerprint density at radius 2 is 1.96 bits per heavy atom. The molecular formula is C17H27N5S. The van der Waals surface area contributed by atoms with Crippen molar-refractivity contribution in [2.75, 3.05) is 13.1 Å². The molecule has 0 amide bonds. The highest BCUT2D eigenvalue weighted by atomic mass is 32.1. The van der Waals surface area contributed by atoms with Crippen molar-refractivity contribution in [3.8, 4) is 0 Å². The first kappa shape index (κ1) is 18.0. The summed E-state index contributed by atoms with van der Waals surface area (Å²) in [7, 11) is 0. The molecule has 0 radical (unpaired) electrons. The molecule has 2 rings (SSSR count). The summed E-state index contributed by atoms with van der Waals surface area (Å²) in [6.07, 6.45) is 5.52. The van der Waals surface area contributed by atoms with E-state index in [0.717, 1.165) is 43.9 Å². The molecule has 6 heteroatoms. The normalized spacial score (nSPS) is 12.7. The van der Waals surface area contributed by atoms with Crippen LogP contribution in [0, 0.1) is 0 Å². The van der Waals surface area contributed by atoms with E-state index >= 15 is 0 Å². The average Bonchev–Trinajstić information content (AvgIpc) is 3.00. The van der Waals surface area contributed by atoms with E-state index in [1.54, 1.807) is 6.20 Å². The molecular weight excluding hydrogens is 306 g/mol. The number of rotatable bonds is 10. The zero-order valence-electron chi connectivity index (χ0n) is 13.9. The number of nitrogens with one attached hydrogen (secondary N) is 2. The van der Waals surface area contributed by atoms with Crippen molar-refractivity contribution in [1.82, 2.24) is 25.4 Å². The van der Waals surface area contributed by atoms with E-state index in [4.69, 9.17) is 4.98 Å². The minimum absolute atomic E-state index is 0.0992. The quantitative estimate of drug-likeness (QED) is 0.459. The Labute approximate surface area is 144 Å². The Hall–Kier alpha value is -1.37. The second kappa shape index (κ2) is 9.70. The van der Waals surface area contributed by atoms with Crippen molar-refractivity contribution in [3.63, 3.8) is 0 Å². The van der Waals surface area contributed by atoms with E-state index in [-0.39, 0.29) is 5.37 Å². The maximum Gasteiger partial charge on any atom is 0.0559 e. The van der Waals surface area contributed by atoms with Crippen molar-refractivity contribution < 1.29 is 0 Å². The van der Waals surface area contributed by atoms with E-state index in [0.29, 0.717) is 6.04 Å². The number of hydrogen-bond donors (Lipinski definition) is 3. The van der Waals surface area contributed by atoms with Crippen molar-refractivity contribution >= 4 is 12.6 Å². The Bertz CT molecular complexity index is 556. The molecule has 2 heterocycles. The van der Waals surface area contributed by atoms with Crippen LogP contribution in [-0.4, -0.2) is 39.3 Å². The van der Waals surface area contributed by atoms with Crippen LogP contribution < -0.4 is 10.6 Å². The summed E-state index contributed by atoms with van der Waals surface area (Å²) in [5.41, 5.74) is 2.21. The van der Waals surface area contributed by atoms with Crippen LogP contribution in [0.3, 0.4) is 0 Å². The fourth-order valence-corrected chi connectivity index (χ4v) is 2.64. The lowest BCUT2D eigenvalue weighted by atomic mass is 10.2.